The molecule has 0 amide bonds. The fourth-order valence-corrected chi connectivity index (χ4v) is 1.34. The van der Waals surface area contributed by atoms with Crippen LogP contribution in [0.2, 0.25) is 0 Å². The van der Waals surface area contributed by atoms with E-state index in [4.69, 9.17) is 9.84 Å². The molecule has 0 spiro atoms. The van der Waals surface area contributed by atoms with Crippen molar-refractivity contribution in [1.29, 1.82) is 0 Å². The lowest BCUT2D eigenvalue weighted by Crippen LogP contribution is -2.13. The summed E-state index contributed by atoms with van der Waals surface area (Å²) in [7, 11) is 0. The Morgan fingerprint density at radius 3 is 2.56 bits per heavy atom. The Kier molecular flexibility index (Phi) is 4.05. The molecule has 0 aromatic heterocycles. The van der Waals surface area contributed by atoms with Gasteiger partial charge in [-0.05, 0) is 18.1 Å². The molecule has 1 atom stereocenters. The van der Waals surface area contributed by atoms with Crippen molar-refractivity contribution in [3.8, 4) is 5.75 Å². The van der Waals surface area contributed by atoms with Gasteiger partial charge in [0.05, 0.1) is 5.92 Å². The van der Waals surface area contributed by atoms with Gasteiger partial charge in [-0.2, -0.15) is 0 Å². The summed E-state index contributed by atoms with van der Waals surface area (Å²) in [6.07, 6.45) is 0.346. The maximum Gasteiger partial charge on any atom is 0.308 e. The molecule has 0 radical (unpaired) electrons. The summed E-state index contributed by atoms with van der Waals surface area (Å²) in [6, 6.07) is 6.95. The number of carboxylic acids is 1. The Bertz CT molecular complexity index is 398. The van der Waals surface area contributed by atoms with Crippen molar-refractivity contribution in [1.82, 2.24) is 0 Å². The molecular formula is C12H14O4. The molecule has 16 heavy (non-hydrogen) atoms. The molecule has 0 heterocycles. The smallest absolute Gasteiger partial charge is 0.308 e. The average molecular weight is 222 g/mol. The van der Waals surface area contributed by atoms with E-state index >= 15 is 0 Å². The molecule has 4 nitrogen and oxygen atoms in total. The van der Waals surface area contributed by atoms with Gasteiger partial charge in [0.25, 0.3) is 0 Å². The molecule has 1 unspecified atom stereocenters. The van der Waals surface area contributed by atoms with Crippen molar-refractivity contribution in [2.24, 2.45) is 5.92 Å². The number of aliphatic carboxylic acids is 1. The van der Waals surface area contributed by atoms with Crippen LogP contribution in [-0.4, -0.2) is 17.0 Å². The first-order chi connectivity index (χ1) is 7.50. The lowest BCUT2D eigenvalue weighted by atomic mass is 10.0. The van der Waals surface area contributed by atoms with Crippen LogP contribution in [0, 0.1) is 5.92 Å². The van der Waals surface area contributed by atoms with Crippen LogP contribution in [0.4, 0.5) is 0 Å². The van der Waals surface area contributed by atoms with E-state index in [9.17, 15) is 9.59 Å². The number of carbonyl (C=O) groups excluding carboxylic acids is 1. The van der Waals surface area contributed by atoms with E-state index < -0.39 is 17.9 Å². The molecule has 0 aliphatic heterocycles. The van der Waals surface area contributed by atoms with Crippen molar-refractivity contribution < 1.29 is 19.4 Å². The summed E-state index contributed by atoms with van der Waals surface area (Å²) in [5.74, 6) is -1.34. The molecule has 1 N–H and O–H groups in total. The number of carboxylic acid groups (broad SMARTS) is 1. The average Bonchev–Trinajstić information content (AvgIpc) is 2.20. The van der Waals surface area contributed by atoms with Crippen LogP contribution < -0.4 is 4.74 Å². The van der Waals surface area contributed by atoms with Crippen molar-refractivity contribution >= 4 is 11.9 Å². The lowest BCUT2D eigenvalue weighted by Gasteiger charge is -2.10. The fraction of sp³-hybridized carbons (Fsp3) is 0.333. The zero-order valence-electron chi connectivity index (χ0n) is 9.27. The molecule has 1 aromatic carbocycles. The molecule has 1 aromatic rings. The van der Waals surface area contributed by atoms with E-state index in [0.29, 0.717) is 12.2 Å². The van der Waals surface area contributed by atoms with Crippen LogP contribution in [0.5, 0.6) is 5.75 Å². The topological polar surface area (TPSA) is 63.6 Å². The predicted octanol–water partition coefficient (Wildman–Crippen LogP) is 1.88. The van der Waals surface area contributed by atoms with Gasteiger partial charge in [-0.25, -0.2) is 0 Å². The van der Waals surface area contributed by atoms with Gasteiger partial charge in [-0.15, -0.1) is 0 Å². The minimum atomic E-state index is -0.863. The summed E-state index contributed by atoms with van der Waals surface area (Å²) >= 11 is 0. The number of ether oxygens (including phenoxy) is 1. The number of para-hydroxylation sites is 1. The third-order valence-corrected chi connectivity index (χ3v) is 2.17. The summed E-state index contributed by atoms with van der Waals surface area (Å²) in [5, 5.41) is 8.81. The molecule has 0 saturated carbocycles. The van der Waals surface area contributed by atoms with E-state index in [1.807, 2.05) is 0 Å². The highest BCUT2D eigenvalue weighted by atomic mass is 16.5. The van der Waals surface area contributed by atoms with Gasteiger partial charge in [0.15, 0.2) is 0 Å². The number of hydrogen-bond donors (Lipinski definition) is 1. The molecule has 1 rings (SSSR count). The minimum Gasteiger partial charge on any atom is -0.481 e. The minimum absolute atomic E-state index is 0.346. The van der Waals surface area contributed by atoms with Gasteiger partial charge < -0.3 is 9.84 Å². The Hall–Kier alpha value is -1.84. The van der Waals surface area contributed by atoms with Gasteiger partial charge in [0.1, 0.15) is 5.75 Å². The van der Waals surface area contributed by atoms with Gasteiger partial charge in [-0.1, -0.05) is 25.1 Å². The summed E-state index contributed by atoms with van der Waals surface area (Å²) in [6.45, 7) is 2.93. The molecule has 0 bridgehead atoms. The van der Waals surface area contributed by atoms with E-state index in [2.05, 4.69) is 0 Å². The first-order valence-corrected chi connectivity index (χ1v) is 5.00. The highest BCUT2D eigenvalue weighted by Crippen LogP contribution is 2.21. The van der Waals surface area contributed by atoms with Crippen molar-refractivity contribution in [2.45, 2.75) is 20.3 Å². The molecule has 86 valence electrons. The molecule has 0 aliphatic carbocycles. The van der Waals surface area contributed by atoms with Crippen LogP contribution in [0.25, 0.3) is 0 Å². The Labute approximate surface area is 93.9 Å². The maximum atomic E-state index is 10.8. The largest absolute Gasteiger partial charge is 0.481 e. The third-order valence-electron chi connectivity index (χ3n) is 2.17. The first-order valence-electron chi connectivity index (χ1n) is 5.00. The molecular weight excluding hydrogens is 208 g/mol. The zero-order chi connectivity index (χ0) is 12.1. The summed E-state index contributed by atoms with van der Waals surface area (Å²) < 4.78 is 4.99. The van der Waals surface area contributed by atoms with Crippen LogP contribution >= 0.6 is 0 Å². The molecule has 0 saturated heterocycles. The number of carbonyl (C=O) groups is 2. The molecule has 0 aliphatic rings. The van der Waals surface area contributed by atoms with E-state index in [1.165, 1.54) is 6.92 Å². The second-order valence-electron chi connectivity index (χ2n) is 3.64. The van der Waals surface area contributed by atoms with Crippen molar-refractivity contribution in [3.63, 3.8) is 0 Å². The highest BCUT2D eigenvalue weighted by molar-refractivity contribution is 5.71. The highest BCUT2D eigenvalue weighted by Gasteiger charge is 2.14. The number of esters is 1. The number of hydrogen-bond acceptors (Lipinski definition) is 3. The Balaban J connectivity index is 2.86. The monoisotopic (exact) mass is 222 g/mol. The standard InChI is InChI=1S/C12H14O4/c1-8(12(14)15)7-10-5-3-4-6-11(10)16-9(2)13/h3-6,8H,7H2,1-2H3,(H,14,15). The maximum absolute atomic E-state index is 10.8. The quantitative estimate of drug-likeness (QED) is 0.624. The van der Waals surface area contributed by atoms with E-state index in [-0.39, 0.29) is 0 Å². The van der Waals surface area contributed by atoms with Crippen molar-refractivity contribution in [3.05, 3.63) is 29.8 Å². The normalized spacial score (nSPS) is 11.9. The van der Waals surface area contributed by atoms with Gasteiger partial charge in [0.2, 0.25) is 0 Å². The molecule has 4 heteroatoms. The van der Waals surface area contributed by atoms with E-state index in [0.717, 1.165) is 5.56 Å². The second kappa shape index (κ2) is 5.30. The first kappa shape index (κ1) is 12.2. The fourth-order valence-electron chi connectivity index (χ4n) is 1.34. The van der Waals surface area contributed by atoms with Gasteiger partial charge in [0, 0.05) is 6.92 Å². The SMILES string of the molecule is CC(=O)Oc1ccccc1CC(C)C(=O)O. The summed E-state index contributed by atoms with van der Waals surface area (Å²) in [5.41, 5.74) is 0.729. The third kappa shape index (κ3) is 3.38. The van der Waals surface area contributed by atoms with Crippen LogP contribution in [0.3, 0.4) is 0 Å². The van der Waals surface area contributed by atoms with Crippen LogP contribution in [0.15, 0.2) is 24.3 Å². The van der Waals surface area contributed by atoms with E-state index in [1.54, 1.807) is 31.2 Å². The van der Waals surface area contributed by atoms with Gasteiger partial charge in [-0.3, -0.25) is 9.59 Å². The predicted molar refractivity (Wildman–Crippen MR) is 58.3 cm³/mol. The second-order valence-corrected chi connectivity index (χ2v) is 3.64. The molecule has 0 fully saturated rings. The van der Waals surface area contributed by atoms with Crippen LogP contribution in [0.1, 0.15) is 19.4 Å². The van der Waals surface area contributed by atoms with Gasteiger partial charge >= 0.3 is 11.9 Å². The van der Waals surface area contributed by atoms with Crippen LogP contribution in [-0.2, 0) is 16.0 Å². The van der Waals surface area contributed by atoms with Crippen molar-refractivity contribution in [2.75, 3.05) is 0 Å². The lowest BCUT2D eigenvalue weighted by molar-refractivity contribution is -0.141. The number of rotatable bonds is 4. The summed E-state index contributed by atoms with van der Waals surface area (Å²) in [4.78, 5) is 21.6. The zero-order valence-corrected chi connectivity index (χ0v) is 9.27. The Morgan fingerprint density at radius 2 is 2.00 bits per heavy atom. The Morgan fingerprint density at radius 1 is 1.38 bits per heavy atom. The number of benzene rings is 1.